The SMILES string of the molecule is C=Cc1cc(CNc2nc(-c3ccc(C=O)s3)ccc2N)ccc1N=C. The first kappa shape index (κ1) is 17.6. The molecule has 3 N–H and O–H groups in total. The number of anilines is 2. The molecule has 130 valence electrons. The molecule has 1 aromatic carbocycles. The van der Waals surface area contributed by atoms with Crippen molar-refractivity contribution < 1.29 is 4.79 Å². The van der Waals surface area contributed by atoms with Gasteiger partial charge in [-0.1, -0.05) is 18.7 Å². The van der Waals surface area contributed by atoms with E-state index in [0.717, 1.165) is 33.7 Å². The molecule has 3 aromatic rings. The predicted molar refractivity (Wildman–Crippen MR) is 110 cm³/mol. The lowest BCUT2D eigenvalue weighted by Gasteiger charge is -2.11. The molecule has 26 heavy (non-hydrogen) atoms. The van der Waals surface area contributed by atoms with E-state index in [9.17, 15) is 4.79 Å². The van der Waals surface area contributed by atoms with Crippen molar-refractivity contribution in [3.05, 3.63) is 65.0 Å². The van der Waals surface area contributed by atoms with Crippen molar-refractivity contribution in [2.75, 3.05) is 11.1 Å². The molecule has 0 spiro atoms. The van der Waals surface area contributed by atoms with Gasteiger partial charge < -0.3 is 11.1 Å². The second kappa shape index (κ2) is 7.76. The largest absolute Gasteiger partial charge is 0.396 e. The Kier molecular flexibility index (Phi) is 5.24. The fraction of sp³-hybridized carbons (Fsp3) is 0.0500. The summed E-state index contributed by atoms with van der Waals surface area (Å²) >= 11 is 1.40. The van der Waals surface area contributed by atoms with Crippen LogP contribution < -0.4 is 11.1 Å². The molecular weight excluding hydrogens is 344 g/mol. The molecule has 0 aliphatic carbocycles. The first-order chi connectivity index (χ1) is 12.6. The van der Waals surface area contributed by atoms with Crippen molar-refractivity contribution >= 4 is 47.6 Å². The topological polar surface area (TPSA) is 80.4 Å². The highest BCUT2D eigenvalue weighted by Crippen LogP contribution is 2.29. The predicted octanol–water partition coefficient (Wildman–Crippen LogP) is 4.79. The zero-order valence-electron chi connectivity index (χ0n) is 14.1. The molecule has 0 radical (unpaired) electrons. The van der Waals surface area contributed by atoms with Crippen molar-refractivity contribution in [2.24, 2.45) is 4.99 Å². The number of nitrogens with one attached hydrogen (secondary N) is 1. The number of pyridine rings is 1. The molecule has 5 nitrogen and oxygen atoms in total. The number of hydrogen-bond acceptors (Lipinski definition) is 6. The van der Waals surface area contributed by atoms with Crippen molar-refractivity contribution in [1.82, 2.24) is 4.98 Å². The van der Waals surface area contributed by atoms with Gasteiger partial charge in [-0.25, -0.2) is 4.98 Å². The van der Waals surface area contributed by atoms with E-state index in [1.807, 2.05) is 36.4 Å². The minimum absolute atomic E-state index is 0.558. The normalized spacial score (nSPS) is 10.3. The molecule has 2 aromatic heterocycles. The summed E-state index contributed by atoms with van der Waals surface area (Å²) in [6.45, 7) is 7.92. The molecule has 2 heterocycles. The van der Waals surface area contributed by atoms with Gasteiger partial charge in [0.25, 0.3) is 0 Å². The van der Waals surface area contributed by atoms with Crippen LogP contribution in [-0.2, 0) is 6.54 Å². The maximum Gasteiger partial charge on any atom is 0.160 e. The summed E-state index contributed by atoms with van der Waals surface area (Å²) in [5, 5.41) is 3.27. The molecule has 0 fully saturated rings. The Morgan fingerprint density at radius 1 is 1.23 bits per heavy atom. The van der Waals surface area contributed by atoms with E-state index in [1.54, 1.807) is 12.1 Å². The number of carbonyl (C=O) groups is 1. The second-order valence-electron chi connectivity index (χ2n) is 5.56. The van der Waals surface area contributed by atoms with E-state index < -0.39 is 0 Å². The molecule has 0 atom stereocenters. The van der Waals surface area contributed by atoms with Gasteiger partial charge in [-0.05, 0) is 54.2 Å². The number of rotatable bonds is 7. The van der Waals surface area contributed by atoms with Crippen molar-refractivity contribution in [2.45, 2.75) is 6.54 Å². The van der Waals surface area contributed by atoms with E-state index in [0.29, 0.717) is 22.9 Å². The third kappa shape index (κ3) is 3.70. The molecule has 6 heteroatoms. The van der Waals surface area contributed by atoms with Gasteiger partial charge in [0, 0.05) is 6.54 Å². The lowest BCUT2D eigenvalue weighted by Crippen LogP contribution is -2.05. The first-order valence-electron chi connectivity index (χ1n) is 7.92. The van der Waals surface area contributed by atoms with Crippen LogP contribution >= 0.6 is 11.3 Å². The van der Waals surface area contributed by atoms with Crippen LogP contribution in [0.3, 0.4) is 0 Å². The maximum absolute atomic E-state index is 10.9. The van der Waals surface area contributed by atoms with Crippen LogP contribution in [-0.4, -0.2) is 18.0 Å². The summed E-state index contributed by atoms with van der Waals surface area (Å²) in [5.74, 6) is 0.606. The molecule has 0 bridgehead atoms. The Bertz CT molecular complexity index is 978. The zero-order chi connectivity index (χ0) is 18.5. The first-order valence-corrected chi connectivity index (χ1v) is 8.74. The van der Waals surface area contributed by atoms with Crippen LogP contribution in [0.1, 0.15) is 20.8 Å². The number of nitrogens with two attached hydrogens (primary N) is 1. The van der Waals surface area contributed by atoms with Gasteiger partial charge in [0.2, 0.25) is 0 Å². The summed E-state index contributed by atoms with van der Waals surface area (Å²) < 4.78 is 0. The number of aromatic nitrogens is 1. The summed E-state index contributed by atoms with van der Waals surface area (Å²) in [4.78, 5) is 21.0. The highest BCUT2D eigenvalue weighted by Gasteiger charge is 2.08. The molecule has 3 rings (SSSR count). The number of nitrogens with zero attached hydrogens (tertiary/aromatic N) is 2. The fourth-order valence-electron chi connectivity index (χ4n) is 2.51. The lowest BCUT2D eigenvalue weighted by molar-refractivity contribution is 0.112. The van der Waals surface area contributed by atoms with E-state index in [4.69, 9.17) is 5.73 Å². The Hall–Kier alpha value is -3.25. The quantitative estimate of drug-likeness (QED) is 0.468. The minimum Gasteiger partial charge on any atom is -0.396 e. The van der Waals surface area contributed by atoms with E-state index in [2.05, 4.69) is 28.6 Å². The molecule has 0 aliphatic rings. The number of nitrogen functional groups attached to an aromatic ring is 1. The Balaban J connectivity index is 1.81. The molecule has 0 amide bonds. The van der Waals surface area contributed by atoms with Gasteiger partial charge in [0.05, 0.1) is 26.8 Å². The molecular formula is C20H18N4OS. The van der Waals surface area contributed by atoms with Crippen molar-refractivity contribution in [3.8, 4) is 10.6 Å². The zero-order valence-corrected chi connectivity index (χ0v) is 14.9. The van der Waals surface area contributed by atoms with Crippen molar-refractivity contribution in [3.63, 3.8) is 0 Å². The molecule has 0 unspecified atom stereocenters. The van der Waals surface area contributed by atoms with Gasteiger partial charge in [0.1, 0.15) is 5.82 Å². The van der Waals surface area contributed by atoms with Gasteiger partial charge >= 0.3 is 0 Å². The summed E-state index contributed by atoms with van der Waals surface area (Å²) in [5.41, 5.74) is 10.2. The third-order valence-electron chi connectivity index (χ3n) is 3.86. The van der Waals surface area contributed by atoms with Crippen LogP contribution in [0.4, 0.5) is 17.2 Å². The molecule has 0 saturated carbocycles. The summed E-state index contributed by atoms with van der Waals surface area (Å²) in [7, 11) is 0. The number of aliphatic imine (C=N–C) groups is 1. The number of hydrogen-bond donors (Lipinski definition) is 2. The standard InChI is InChI=1S/C20H18N4OS/c1-3-14-10-13(4-7-17(14)22-2)11-23-20-16(21)6-8-18(24-20)19-9-5-15(12-25)26-19/h3-10,12H,1-2,11,21H2,(H,23,24). The van der Waals surface area contributed by atoms with E-state index >= 15 is 0 Å². The molecule has 0 saturated heterocycles. The fourth-order valence-corrected chi connectivity index (χ4v) is 3.30. The van der Waals surface area contributed by atoms with Gasteiger partial charge in [-0.15, -0.1) is 11.3 Å². The highest BCUT2D eigenvalue weighted by molar-refractivity contribution is 7.17. The van der Waals surface area contributed by atoms with Gasteiger partial charge in [0.15, 0.2) is 6.29 Å². The van der Waals surface area contributed by atoms with Crippen LogP contribution in [0.25, 0.3) is 16.6 Å². The van der Waals surface area contributed by atoms with Crippen LogP contribution in [0, 0.1) is 0 Å². The summed E-state index contributed by atoms with van der Waals surface area (Å²) in [6.07, 6.45) is 2.59. The van der Waals surface area contributed by atoms with Gasteiger partial charge in [-0.2, -0.15) is 0 Å². The highest BCUT2D eigenvalue weighted by atomic mass is 32.1. The number of thiophene rings is 1. The van der Waals surface area contributed by atoms with Crippen LogP contribution in [0.15, 0.2) is 54.0 Å². The average molecular weight is 362 g/mol. The smallest absolute Gasteiger partial charge is 0.160 e. The van der Waals surface area contributed by atoms with E-state index in [-0.39, 0.29) is 0 Å². The maximum atomic E-state index is 10.9. The van der Waals surface area contributed by atoms with Crippen LogP contribution in [0.5, 0.6) is 0 Å². The number of benzene rings is 1. The van der Waals surface area contributed by atoms with Crippen molar-refractivity contribution in [1.29, 1.82) is 0 Å². The Labute approximate surface area is 155 Å². The minimum atomic E-state index is 0.558. The van der Waals surface area contributed by atoms with Gasteiger partial charge in [-0.3, -0.25) is 9.79 Å². The number of carbonyl (C=O) groups excluding carboxylic acids is 1. The average Bonchev–Trinajstić information content (AvgIpc) is 3.16. The Morgan fingerprint density at radius 3 is 2.77 bits per heavy atom. The molecule has 0 aliphatic heterocycles. The third-order valence-corrected chi connectivity index (χ3v) is 4.90. The number of aldehydes is 1. The second-order valence-corrected chi connectivity index (χ2v) is 6.68. The van der Waals surface area contributed by atoms with E-state index in [1.165, 1.54) is 11.3 Å². The van der Waals surface area contributed by atoms with Crippen LogP contribution in [0.2, 0.25) is 0 Å². The lowest BCUT2D eigenvalue weighted by atomic mass is 10.1. The Morgan fingerprint density at radius 2 is 2.08 bits per heavy atom. The monoisotopic (exact) mass is 362 g/mol. The summed E-state index contributed by atoms with van der Waals surface area (Å²) in [6, 6.07) is 13.2.